The van der Waals surface area contributed by atoms with E-state index in [1.54, 1.807) is 6.20 Å². The van der Waals surface area contributed by atoms with Gasteiger partial charge in [-0.05, 0) is 24.5 Å². The van der Waals surface area contributed by atoms with Crippen LogP contribution in [0.2, 0.25) is 0 Å². The van der Waals surface area contributed by atoms with E-state index in [0.717, 1.165) is 57.0 Å². The second kappa shape index (κ2) is 4.16. The van der Waals surface area contributed by atoms with Crippen LogP contribution < -0.4 is 5.32 Å². The lowest BCUT2D eigenvalue weighted by Gasteiger charge is -2.19. The van der Waals surface area contributed by atoms with Gasteiger partial charge >= 0.3 is 0 Å². The molecule has 120 valence electrons. The maximum Gasteiger partial charge on any atom is 0.259 e. The van der Waals surface area contributed by atoms with Gasteiger partial charge in [0.1, 0.15) is 0 Å². The fraction of sp³-hybridized carbons (Fsp3) is 0.105. The van der Waals surface area contributed by atoms with Crippen molar-refractivity contribution in [2.24, 2.45) is 0 Å². The average molecular weight is 328 g/mol. The Morgan fingerprint density at radius 3 is 2.72 bits per heavy atom. The molecule has 3 heterocycles. The minimum atomic E-state index is -0.326. The van der Waals surface area contributed by atoms with Crippen LogP contribution in [-0.2, 0) is 12.8 Å². The summed E-state index contributed by atoms with van der Waals surface area (Å²) in [4.78, 5) is 28.7. The molecule has 0 spiro atoms. The minimum absolute atomic E-state index is 0.322. The first kappa shape index (κ1) is 12.9. The molecular weight excluding hydrogens is 316 g/mol. The Balaban J connectivity index is 1.92. The minimum Gasteiger partial charge on any atom is -0.354 e. The Bertz CT molecular complexity index is 1260. The van der Waals surface area contributed by atoms with Crippen LogP contribution >= 0.6 is 0 Å². The first-order valence-corrected chi connectivity index (χ1v) is 8.21. The fourth-order valence-corrected chi connectivity index (χ4v) is 4.35. The van der Waals surface area contributed by atoms with Crippen LogP contribution in [0, 0.1) is 0 Å². The quantitative estimate of drug-likeness (QED) is 0.433. The molecule has 0 unspecified atom stereocenters. The normalized spacial score (nSPS) is 15.4. The van der Waals surface area contributed by atoms with E-state index in [2.05, 4.69) is 20.5 Å². The van der Waals surface area contributed by atoms with Crippen LogP contribution in [0.4, 0.5) is 0 Å². The molecule has 0 atom stereocenters. The molecule has 2 aromatic carbocycles. The van der Waals surface area contributed by atoms with Crippen LogP contribution in [0.5, 0.6) is 0 Å². The number of aromatic nitrogens is 3. The van der Waals surface area contributed by atoms with Crippen molar-refractivity contribution in [2.75, 3.05) is 0 Å². The maximum atomic E-state index is 12.6. The number of fused-ring (bicyclic) bond motifs is 10. The van der Waals surface area contributed by atoms with E-state index in [1.807, 2.05) is 24.3 Å². The highest BCUT2D eigenvalue weighted by molar-refractivity contribution is 6.33. The number of nitrogens with zero attached hydrogens (tertiary/aromatic N) is 1. The Labute approximate surface area is 141 Å². The van der Waals surface area contributed by atoms with Crippen molar-refractivity contribution < 1.29 is 9.59 Å². The summed E-state index contributed by atoms with van der Waals surface area (Å²) in [7, 11) is 0. The number of hydrogen-bond acceptors (Lipinski definition) is 3. The molecule has 3 N–H and O–H groups in total. The van der Waals surface area contributed by atoms with Gasteiger partial charge in [0.15, 0.2) is 0 Å². The number of aromatic amines is 2. The predicted octanol–water partition coefficient (Wildman–Crippen LogP) is 2.69. The number of para-hydroxylation sites is 1. The number of benzene rings is 2. The van der Waals surface area contributed by atoms with E-state index in [-0.39, 0.29) is 11.8 Å². The number of amides is 2. The second-order valence-corrected chi connectivity index (χ2v) is 6.57. The zero-order chi connectivity index (χ0) is 16.7. The van der Waals surface area contributed by atoms with Crippen molar-refractivity contribution >= 4 is 33.6 Å². The highest BCUT2D eigenvalue weighted by atomic mass is 16.2. The molecule has 25 heavy (non-hydrogen) atoms. The van der Waals surface area contributed by atoms with Gasteiger partial charge in [0.2, 0.25) is 0 Å². The van der Waals surface area contributed by atoms with Crippen molar-refractivity contribution in [3.8, 4) is 11.1 Å². The maximum absolute atomic E-state index is 12.6. The third kappa shape index (κ3) is 1.43. The SMILES string of the molecule is O=C1NC(=O)c2c1c1c(c3[nH]c4ccccc4c23)CCc2[nH]ncc2-1. The molecule has 1 aliphatic carbocycles. The lowest BCUT2D eigenvalue weighted by Crippen LogP contribution is -2.20. The number of hydrogen-bond donors (Lipinski definition) is 3. The molecule has 2 aromatic heterocycles. The van der Waals surface area contributed by atoms with E-state index < -0.39 is 0 Å². The summed E-state index contributed by atoms with van der Waals surface area (Å²) in [5.41, 5.74) is 6.74. The van der Waals surface area contributed by atoms with E-state index in [0.29, 0.717) is 11.1 Å². The van der Waals surface area contributed by atoms with Crippen LogP contribution in [-0.4, -0.2) is 27.0 Å². The summed E-state index contributed by atoms with van der Waals surface area (Å²) in [6, 6.07) is 7.89. The van der Waals surface area contributed by atoms with Crippen LogP contribution in [0.1, 0.15) is 32.0 Å². The predicted molar refractivity (Wildman–Crippen MR) is 92.6 cm³/mol. The summed E-state index contributed by atoms with van der Waals surface area (Å²) in [5, 5.41) is 11.5. The van der Waals surface area contributed by atoms with Gasteiger partial charge < -0.3 is 4.98 Å². The molecule has 0 bridgehead atoms. The zero-order valence-electron chi connectivity index (χ0n) is 13.1. The van der Waals surface area contributed by atoms with Gasteiger partial charge in [-0.2, -0.15) is 5.10 Å². The van der Waals surface area contributed by atoms with Gasteiger partial charge in [-0.25, -0.2) is 0 Å². The summed E-state index contributed by atoms with van der Waals surface area (Å²) in [6.45, 7) is 0. The van der Waals surface area contributed by atoms with Crippen molar-refractivity contribution in [3.05, 3.63) is 52.8 Å². The number of nitrogens with one attached hydrogen (secondary N) is 3. The third-order valence-electron chi connectivity index (χ3n) is 5.35. The zero-order valence-corrected chi connectivity index (χ0v) is 13.1. The van der Waals surface area contributed by atoms with Gasteiger partial charge in [-0.15, -0.1) is 0 Å². The highest BCUT2D eigenvalue weighted by Gasteiger charge is 2.37. The summed E-state index contributed by atoms with van der Waals surface area (Å²) in [5.74, 6) is -0.648. The van der Waals surface area contributed by atoms with E-state index in [1.165, 1.54) is 0 Å². The van der Waals surface area contributed by atoms with Crippen LogP contribution in [0.15, 0.2) is 30.5 Å². The molecule has 0 saturated carbocycles. The highest BCUT2D eigenvalue weighted by Crippen LogP contribution is 2.45. The van der Waals surface area contributed by atoms with Gasteiger partial charge in [0.25, 0.3) is 11.8 Å². The Kier molecular flexibility index (Phi) is 2.15. The van der Waals surface area contributed by atoms with Crippen molar-refractivity contribution in [3.63, 3.8) is 0 Å². The summed E-state index contributed by atoms with van der Waals surface area (Å²) >= 11 is 0. The first-order valence-electron chi connectivity index (χ1n) is 8.21. The number of H-pyrrole nitrogens is 2. The number of imide groups is 1. The molecule has 2 amide bonds. The van der Waals surface area contributed by atoms with Crippen molar-refractivity contribution in [1.29, 1.82) is 0 Å². The monoisotopic (exact) mass is 328 g/mol. The molecule has 0 saturated heterocycles. The Morgan fingerprint density at radius 2 is 1.80 bits per heavy atom. The first-order chi connectivity index (χ1) is 12.2. The largest absolute Gasteiger partial charge is 0.354 e. The molecular formula is C19H12N4O2. The standard InChI is InChI=1S/C19H12N4O2/c24-18-15-13-9(5-6-12-10(13)7-20-23-12)17-14(16(15)19(25)22-18)8-3-1-2-4-11(8)21-17/h1-4,7,21H,5-6H2,(H,20,23)(H,22,24,25). The van der Waals surface area contributed by atoms with Gasteiger partial charge in [-0.3, -0.25) is 20.0 Å². The van der Waals surface area contributed by atoms with Gasteiger partial charge in [0.05, 0.1) is 22.8 Å². The van der Waals surface area contributed by atoms with E-state index >= 15 is 0 Å². The molecule has 4 aromatic rings. The van der Waals surface area contributed by atoms with Crippen LogP contribution in [0.3, 0.4) is 0 Å². The number of rotatable bonds is 0. The molecule has 0 radical (unpaired) electrons. The van der Waals surface area contributed by atoms with E-state index in [4.69, 9.17) is 0 Å². The Hall–Kier alpha value is -3.41. The van der Waals surface area contributed by atoms with Crippen molar-refractivity contribution in [1.82, 2.24) is 20.5 Å². The average Bonchev–Trinajstić information content (AvgIpc) is 3.30. The molecule has 2 aliphatic rings. The molecule has 1 aliphatic heterocycles. The fourth-order valence-electron chi connectivity index (χ4n) is 4.35. The molecule has 0 fully saturated rings. The van der Waals surface area contributed by atoms with Gasteiger partial charge in [-0.1, -0.05) is 18.2 Å². The Morgan fingerprint density at radius 1 is 0.960 bits per heavy atom. The second-order valence-electron chi connectivity index (χ2n) is 6.57. The molecule has 6 rings (SSSR count). The number of aryl methyl sites for hydroxylation is 2. The van der Waals surface area contributed by atoms with Crippen molar-refractivity contribution in [2.45, 2.75) is 12.8 Å². The lowest BCUT2D eigenvalue weighted by molar-refractivity contribution is 0.0880. The molecule has 6 heteroatoms. The van der Waals surface area contributed by atoms with Crippen LogP contribution in [0.25, 0.3) is 32.9 Å². The summed E-state index contributed by atoms with van der Waals surface area (Å²) < 4.78 is 0. The third-order valence-corrected chi connectivity index (χ3v) is 5.35. The lowest BCUT2D eigenvalue weighted by atomic mass is 9.83. The topological polar surface area (TPSA) is 90.6 Å². The summed E-state index contributed by atoms with van der Waals surface area (Å²) in [6.07, 6.45) is 3.38. The van der Waals surface area contributed by atoms with Gasteiger partial charge in [0, 0.05) is 33.1 Å². The smallest absolute Gasteiger partial charge is 0.259 e. The van der Waals surface area contributed by atoms with E-state index in [9.17, 15) is 9.59 Å². The number of carbonyl (C=O) groups is 2. The number of carbonyl (C=O) groups excluding carboxylic acids is 2. The molecule has 6 nitrogen and oxygen atoms in total.